The van der Waals surface area contributed by atoms with Crippen LogP contribution in [0.15, 0.2) is 53.6 Å². The van der Waals surface area contributed by atoms with Crippen LogP contribution in [0.3, 0.4) is 0 Å². The molecular formula is C15H14N4OS. The second-order valence-electron chi connectivity index (χ2n) is 4.50. The second kappa shape index (κ2) is 6.32. The van der Waals surface area contributed by atoms with E-state index in [0.29, 0.717) is 17.9 Å². The molecule has 0 atom stereocenters. The molecule has 106 valence electrons. The Morgan fingerprint density at radius 1 is 1.29 bits per heavy atom. The van der Waals surface area contributed by atoms with E-state index >= 15 is 0 Å². The number of amides is 1. The molecule has 0 bridgehead atoms. The predicted octanol–water partition coefficient (Wildman–Crippen LogP) is 2.90. The minimum atomic E-state index is -0.0254. The number of carbonyl (C=O) groups excluding carboxylic acids is 1. The van der Waals surface area contributed by atoms with Gasteiger partial charge in [0, 0.05) is 25.0 Å². The Hall–Kier alpha value is -2.47. The Morgan fingerprint density at radius 2 is 2.24 bits per heavy atom. The standard InChI is InChI=1S/C15H14N4OS/c20-14(5-4-12-6-10-21-11-12)18-13-3-1-7-16-15(13)19-9-2-8-17-19/h1-3,6-11H,4-5H2,(H,18,20). The number of nitrogens with one attached hydrogen (secondary N) is 1. The van der Waals surface area contributed by atoms with Gasteiger partial charge in [-0.1, -0.05) is 0 Å². The highest BCUT2D eigenvalue weighted by atomic mass is 32.1. The van der Waals surface area contributed by atoms with E-state index < -0.39 is 0 Å². The number of pyridine rings is 1. The molecule has 0 aliphatic rings. The lowest BCUT2D eigenvalue weighted by Gasteiger charge is -2.09. The molecule has 3 rings (SSSR count). The third kappa shape index (κ3) is 3.35. The number of nitrogens with zero attached hydrogens (tertiary/aromatic N) is 3. The first kappa shape index (κ1) is 13.5. The summed E-state index contributed by atoms with van der Waals surface area (Å²) in [6.07, 6.45) is 6.34. The van der Waals surface area contributed by atoms with Crippen LogP contribution in [0.25, 0.3) is 5.82 Å². The number of carbonyl (C=O) groups is 1. The second-order valence-corrected chi connectivity index (χ2v) is 5.29. The van der Waals surface area contributed by atoms with E-state index in [1.165, 1.54) is 5.56 Å². The molecular weight excluding hydrogens is 284 g/mol. The molecule has 21 heavy (non-hydrogen) atoms. The van der Waals surface area contributed by atoms with E-state index in [2.05, 4.69) is 20.8 Å². The molecule has 0 aliphatic heterocycles. The van der Waals surface area contributed by atoms with Crippen LogP contribution in [0.2, 0.25) is 0 Å². The average molecular weight is 298 g/mol. The minimum absolute atomic E-state index is 0.0254. The van der Waals surface area contributed by atoms with Gasteiger partial charge in [-0.3, -0.25) is 4.79 Å². The van der Waals surface area contributed by atoms with Crippen LogP contribution in [-0.4, -0.2) is 20.7 Å². The Bertz CT molecular complexity index is 707. The summed E-state index contributed by atoms with van der Waals surface area (Å²) in [5.41, 5.74) is 1.85. The Morgan fingerprint density at radius 3 is 3.00 bits per heavy atom. The van der Waals surface area contributed by atoms with Crippen LogP contribution in [0.4, 0.5) is 5.69 Å². The molecule has 3 aromatic heterocycles. The van der Waals surface area contributed by atoms with E-state index in [4.69, 9.17) is 0 Å². The number of rotatable bonds is 5. The maximum absolute atomic E-state index is 12.1. The number of aromatic nitrogens is 3. The highest BCUT2D eigenvalue weighted by Crippen LogP contribution is 2.17. The predicted molar refractivity (Wildman–Crippen MR) is 82.6 cm³/mol. The number of anilines is 1. The summed E-state index contributed by atoms with van der Waals surface area (Å²) in [7, 11) is 0. The molecule has 1 N–H and O–H groups in total. The highest BCUT2D eigenvalue weighted by molar-refractivity contribution is 7.07. The molecule has 0 unspecified atom stereocenters. The quantitative estimate of drug-likeness (QED) is 0.788. The van der Waals surface area contributed by atoms with Crippen LogP contribution in [0.5, 0.6) is 0 Å². The van der Waals surface area contributed by atoms with Gasteiger partial charge in [0.05, 0.1) is 5.69 Å². The molecule has 0 saturated carbocycles. The van der Waals surface area contributed by atoms with Crippen LogP contribution in [-0.2, 0) is 11.2 Å². The van der Waals surface area contributed by atoms with Gasteiger partial charge in [-0.15, -0.1) is 0 Å². The maximum Gasteiger partial charge on any atom is 0.224 e. The van der Waals surface area contributed by atoms with Gasteiger partial charge in [0.1, 0.15) is 0 Å². The van der Waals surface area contributed by atoms with Crippen LogP contribution < -0.4 is 5.32 Å². The number of thiophene rings is 1. The summed E-state index contributed by atoms with van der Waals surface area (Å²) in [5, 5.41) is 11.1. The third-order valence-electron chi connectivity index (χ3n) is 3.00. The van der Waals surface area contributed by atoms with Crippen molar-refractivity contribution < 1.29 is 4.79 Å². The molecule has 3 aromatic rings. The topological polar surface area (TPSA) is 59.8 Å². The Labute approximate surface area is 126 Å². The molecule has 0 saturated heterocycles. The molecule has 0 spiro atoms. The van der Waals surface area contributed by atoms with Gasteiger partial charge >= 0.3 is 0 Å². The first-order chi connectivity index (χ1) is 10.3. The van der Waals surface area contributed by atoms with Gasteiger partial charge in [0.15, 0.2) is 5.82 Å². The first-order valence-corrected chi connectivity index (χ1v) is 7.53. The van der Waals surface area contributed by atoms with Crippen molar-refractivity contribution in [3.05, 3.63) is 59.2 Å². The van der Waals surface area contributed by atoms with Gasteiger partial charge in [-0.25, -0.2) is 9.67 Å². The van der Waals surface area contributed by atoms with Gasteiger partial charge in [-0.05, 0) is 47.0 Å². The summed E-state index contributed by atoms with van der Waals surface area (Å²) >= 11 is 1.64. The smallest absolute Gasteiger partial charge is 0.224 e. The van der Waals surface area contributed by atoms with E-state index in [0.717, 1.165) is 6.42 Å². The fourth-order valence-electron chi connectivity index (χ4n) is 1.98. The monoisotopic (exact) mass is 298 g/mol. The van der Waals surface area contributed by atoms with Crippen molar-refractivity contribution in [3.8, 4) is 5.82 Å². The normalized spacial score (nSPS) is 10.5. The van der Waals surface area contributed by atoms with Crippen LogP contribution >= 0.6 is 11.3 Å². The van der Waals surface area contributed by atoms with Crippen molar-refractivity contribution in [2.75, 3.05) is 5.32 Å². The van der Waals surface area contributed by atoms with E-state index in [9.17, 15) is 4.79 Å². The first-order valence-electron chi connectivity index (χ1n) is 6.59. The van der Waals surface area contributed by atoms with E-state index in [1.807, 2.05) is 23.6 Å². The average Bonchev–Trinajstić information content (AvgIpc) is 3.19. The molecule has 6 heteroatoms. The zero-order valence-electron chi connectivity index (χ0n) is 11.3. The summed E-state index contributed by atoms with van der Waals surface area (Å²) < 4.78 is 1.63. The zero-order chi connectivity index (χ0) is 14.5. The molecule has 0 aliphatic carbocycles. The van der Waals surface area contributed by atoms with Crippen LogP contribution in [0.1, 0.15) is 12.0 Å². The fourth-order valence-corrected chi connectivity index (χ4v) is 2.68. The number of aryl methyl sites for hydroxylation is 1. The lowest BCUT2D eigenvalue weighted by Crippen LogP contribution is -2.15. The van der Waals surface area contributed by atoms with E-state index in [1.54, 1.807) is 40.7 Å². The van der Waals surface area contributed by atoms with Crippen molar-refractivity contribution in [2.45, 2.75) is 12.8 Å². The summed E-state index contributed by atoms with van der Waals surface area (Å²) in [6, 6.07) is 7.47. The SMILES string of the molecule is O=C(CCc1ccsc1)Nc1cccnc1-n1cccn1. The van der Waals surface area contributed by atoms with Gasteiger partial charge in [-0.2, -0.15) is 16.4 Å². The highest BCUT2D eigenvalue weighted by Gasteiger charge is 2.09. The molecule has 5 nitrogen and oxygen atoms in total. The molecule has 0 fully saturated rings. The maximum atomic E-state index is 12.1. The van der Waals surface area contributed by atoms with Crippen LogP contribution in [0, 0.1) is 0 Å². The molecule has 3 heterocycles. The Balaban J connectivity index is 1.69. The van der Waals surface area contributed by atoms with Gasteiger partial charge in [0.25, 0.3) is 0 Å². The number of hydrogen-bond donors (Lipinski definition) is 1. The third-order valence-corrected chi connectivity index (χ3v) is 3.74. The summed E-state index contributed by atoms with van der Waals surface area (Å²) in [4.78, 5) is 16.3. The number of hydrogen-bond acceptors (Lipinski definition) is 4. The summed E-state index contributed by atoms with van der Waals surface area (Å²) in [6.45, 7) is 0. The molecule has 1 amide bonds. The van der Waals surface area contributed by atoms with Gasteiger partial charge < -0.3 is 5.32 Å². The van der Waals surface area contributed by atoms with Crippen molar-refractivity contribution in [1.29, 1.82) is 0 Å². The minimum Gasteiger partial charge on any atom is -0.323 e. The lowest BCUT2D eigenvalue weighted by atomic mass is 10.2. The van der Waals surface area contributed by atoms with Crippen molar-refractivity contribution >= 4 is 22.9 Å². The van der Waals surface area contributed by atoms with Gasteiger partial charge in [0.2, 0.25) is 5.91 Å². The van der Waals surface area contributed by atoms with E-state index in [-0.39, 0.29) is 5.91 Å². The molecule has 0 radical (unpaired) electrons. The zero-order valence-corrected chi connectivity index (χ0v) is 12.1. The Kier molecular flexibility index (Phi) is 4.07. The fraction of sp³-hybridized carbons (Fsp3) is 0.133. The van der Waals surface area contributed by atoms with Crippen molar-refractivity contribution in [2.24, 2.45) is 0 Å². The lowest BCUT2D eigenvalue weighted by molar-refractivity contribution is -0.116. The summed E-state index contributed by atoms with van der Waals surface area (Å²) in [5.74, 6) is 0.592. The van der Waals surface area contributed by atoms with Crippen molar-refractivity contribution in [1.82, 2.24) is 14.8 Å². The molecule has 0 aromatic carbocycles. The largest absolute Gasteiger partial charge is 0.323 e. The van der Waals surface area contributed by atoms with Crippen molar-refractivity contribution in [3.63, 3.8) is 0 Å².